The highest BCUT2D eigenvalue weighted by atomic mass is 16.2. The van der Waals surface area contributed by atoms with Crippen molar-refractivity contribution in [2.24, 2.45) is 5.92 Å². The van der Waals surface area contributed by atoms with Gasteiger partial charge in [-0.15, -0.1) is 0 Å². The van der Waals surface area contributed by atoms with Crippen molar-refractivity contribution in [1.82, 2.24) is 20.2 Å². The first-order valence-electron chi connectivity index (χ1n) is 10.8. The second-order valence-corrected chi connectivity index (χ2v) is 8.24. The van der Waals surface area contributed by atoms with E-state index in [1.54, 1.807) is 18.5 Å². The van der Waals surface area contributed by atoms with Crippen molar-refractivity contribution in [2.45, 2.75) is 18.9 Å². The Labute approximate surface area is 182 Å². The van der Waals surface area contributed by atoms with E-state index in [9.17, 15) is 9.59 Å². The fourth-order valence-corrected chi connectivity index (χ4v) is 3.81. The minimum Gasteiger partial charge on any atom is -0.388 e. The van der Waals surface area contributed by atoms with Crippen molar-refractivity contribution in [1.29, 1.82) is 0 Å². The number of anilines is 2. The molecule has 1 aliphatic carbocycles. The molecule has 8 heteroatoms. The van der Waals surface area contributed by atoms with Crippen LogP contribution in [0.2, 0.25) is 0 Å². The Kier molecular flexibility index (Phi) is 6.36. The third kappa shape index (κ3) is 4.96. The first kappa shape index (κ1) is 21.1. The van der Waals surface area contributed by atoms with Crippen molar-refractivity contribution < 1.29 is 4.79 Å². The van der Waals surface area contributed by atoms with Crippen LogP contribution in [0, 0.1) is 5.92 Å². The zero-order chi connectivity index (χ0) is 21.8. The molecule has 31 heavy (non-hydrogen) atoms. The Hall–Kier alpha value is -3.13. The summed E-state index contributed by atoms with van der Waals surface area (Å²) >= 11 is 0. The van der Waals surface area contributed by atoms with Gasteiger partial charge in [0.15, 0.2) is 0 Å². The predicted octanol–water partition coefficient (Wildman–Crippen LogP) is 1.68. The number of carbonyl (C=O) groups excluding carboxylic acids is 1. The summed E-state index contributed by atoms with van der Waals surface area (Å²) in [6.07, 6.45) is 9.31. The summed E-state index contributed by atoms with van der Waals surface area (Å²) in [6.45, 7) is 2.78. The smallest absolute Gasteiger partial charge is 0.271 e. The molecule has 0 radical (unpaired) electrons. The number of H-pyrrole nitrogens is 1. The summed E-state index contributed by atoms with van der Waals surface area (Å²) < 4.78 is 0. The zero-order valence-electron chi connectivity index (χ0n) is 18.1. The molecule has 2 fully saturated rings. The number of rotatable bonds is 9. The fourth-order valence-electron chi connectivity index (χ4n) is 3.81. The Bertz CT molecular complexity index is 1010. The van der Waals surface area contributed by atoms with Gasteiger partial charge in [-0.2, -0.15) is 0 Å². The highest BCUT2D eigenvalue weighted by Gasteiger charge is 2.37. The molecule has 2 aromatic heterocycles. The molecule has 0 bridgehead atoms. The molecule has 8 nitrogen and oxygen atoms in total. The van der Waals surface area contributed by atoms with Gasteiger partial charge in [0.25, 0.3) is 5.56 Å². The molecule has 1 amide bonds. The molecule has 3 N–H and O–H groups in total. The van der Waals surface area contributed by atoms with Crippen LogP contribution in [-0.2, 0) is 4.79 Å². The van der Waals surface area contributed by atoms with Crippen molar-refractivity contribution in [3.05, 3.63) is 53.1 Å². The summed E-state index contributed by atoms with van der Waals surface area (Å²) in [7, 11) is 3.72. The molecule has 164 valence electrons. The maximum Gasteiger partial charge on any atom is 0.271 e. The van der Waals surface area contributed by atoms with Gasteiger partial charge in [0, 0.05) is 62.9 Å². The Morgan fingerprint density at radius 3 is 2.84 bits per heavy atom. The number of aromatic amines is 1. The van der Waals surface area contributed by atoms with Gasteiger partial charge in [0.05, 0.1) is 11.7 Å². The molecule has 4 rings (SSSR count). The number of nitrogens with zero attached hydrogens (tertiary/aromatic N) is 3. The van der Waals surface area contributed by atoms with Crippen molar-refractivity contribution in [2.75, 3.05) is 50.5 Å². The van der Waals surface area contributed by atoms with E-state index in [4.69, 9.17) is 0 Å². The van der Waals surface area contributed by atoms with E-state index >= 15 is 0 Å². The van der Waals surface area contributed by atoms with Crippen LogP contribution in [0.4, 0.5) is 11.4 Å². The molecule has 0 atom stereocenters. The number of likely N-dealkylation sites (N-methyl/N-ethyl adjacent to an activating group) is 1. The maximum absolute atomic E-state index is 12.8. The summed E-state index contributed by atoms with van der Waals surface area (Å²) in [5, 5.41) is 6.12. The lowest BCUT2D eigenvalue weighted by molar-refractivity contribution is -0.130. The molecular formula is C23H30N6O2. The summed E-state index contributed by atoms with van der Waals surface area (Å²) in [5.41, 5.74) is 3.19. The number of nitrogens with one attached hydrogen (secondary N) is 3. The second-order valence-electron chi connectivity index (χ2n) is 8.24. The highest BCUT2D eigenvalue weighted by molar-refractivity contribution is 5.88. The van der Waals surface area contributed by atoms with Gasteiger partial charge in [-0.05, 0) is 44.0 Å². The quantitative estimate of drug-likeness (QED) is 0.533. The number of hydrogen-bond donors (Lipinski definition) is 3. The van der Waals surface area contributed by atoms with E-state index < -0.39 is 0 Å². The molecule has 0 unspecified atom stereocenters. The molecular weight excluding hydrogens is 392 g/mol. The average Bonchev–Trinajstić information content (AvgIpc) is 3.57. The predicted molar refractivity (Wildman–Crippen MR) is 123 cm³/mol. The Balaban J connectivity index is 1.54. The van der Waals surface area contributed by atoms with Gasteiger partial charge in [-0.3, -0.25) is 14.6 Å². The van der Waals surface area contributed by atoms with E-state index in [1.165, 1.54) is 12.8 Å². The van der Waals surface area contributed by atoms with Crippen LogP contribution in [0.1, 0.15) is 12.8 Å². The van der Waals surface area contributed by atoms with E-state index in [2.05, 4.69) is 25.5 Å². The standard InChI is InChI=1S/C23H30N6O2/c1-24-8-3-4-22(30)28-14-19(15-28)29(13-16-5-6-16)21-10-17(12-27-23(21)31)20-11-18(25-2)7-9-26-20/h3-4,7,9-12,16,19,24H,5-6,8,13-15H2,1-2H3,(H,25,26)(H,27,31). The van der Waals surface area contributed by atoms with Gasteiger partial charge in [-0.25, -0.2) is 0 Å². The van der Waals surface area contributed by atoms with Crippen LogP contribution in [-0.4, -0.2) is 67.1 Å². The topological polar surface area (TPSA) is 93.4 Å². The van der Waals surface area contributed by atoms with Crippen LogP contribution in [0.15, 0.2) is 47.5 Å². The van der Waals surface area contributed by atoms with E-state index in [0.29, 0.717) is 31.2 Å². The van der Waals surface area contributed by atoms with Gasteiger partial charge in [-0.1, -0.05) is 6.08 Å². The fraction of sp³-hybridized carbons (Fsp3) is 0.435. The molecule has 2 aliphatic rings. The number of carbonyl (C=O) groups is 1. The monoisotopic (exact) mass is 422 g/mol. The normalized spacial score (nSPS) is 16.4. The minimum absolute atomic E-state index is 0.0219. The van der Waals surface area contributed by atoms with E-state index in [-0.39, 0.29) is 17.5 Å². The van der Waals surface area contributed by atoms with Gasteiger partial charge < -0.3 is 25.4 Å². The largest absolute Gasteiger partial charge is 0.388 e. The molecule has 0 spiro atoms. The number of pyridine rings is 2. The lowest BCUT2D eigenvalue weighted by Gasteiger charge is -2.46. The third-order valence-electron chi connectivity index (χ3n) is 5.89. The third-order valence-corrected chi connectivity index (χ3v) is 5.89. The lowest BCUT2D eigenvalue weighted by atomic mass is 10.0. The molecule has 1 saturated carbocycles. The molecule has 0 aromatic carbocycles. The molecule has 1 saturated heterocycles. The van der Waals surface area contributed by atoms with Gasteiger partial charge >= 0.3 is 0 Å². The number of amides is 1. The molecule has 1 aliphatic heterocycles. The molecule has 2 aromatic rings. The highest BCUT2D eigenvalue weighted by Crippen LogP contribution is 2.34. The van der Waals surface area contributed by atoms with Crippen LogP contribution in [0.25, 0.3) is 11.3 Å². The zero-order valence-corrected chi connectivity index (χ0v) is 18.1. The minimum atomic E-state index is -0.104. The average molecular weight is 423 g/mol. The van der Waals surface area contributed by atoms with Crippen LogP contribution >= 0.6 is 0 Å². The lowest BCUT2D eigenvalue weighted by Crippen LogP contribution is -2.62. The summed E-state index contributed by atoms with van der Waals surface area (Å²) in [5.74, 6) is 0.641. The van der Waals surface area contributed by atoms with Crippen LogP contribution in [0.3, 0.4) is 0 Å². The molecule has 3 heterocycles. The summed E-state index contributed by atoms with van der Waals surface area (Å²) in [4.78, 5) is 36.5. The maximum atomic E-state index is 12.8. The van der Waals surface area contributed by atoms with Crippen molar-refractivity contribution in [3.63, 3.8) is 0 Å². The number of aromatic nitrogens is 2. The van der Waals surface area contributed by atoms with E-state index in [0.717, 1.165) is 23.5 Å². The van der Waals surface area contributed by atoms with Crippen molar-refractivity contribution >= 4 is 17.3 Å². The van der Waals surface area contributed by atoms with Gasteiger partial charge in [0.1, 0.15) is 5.69 Å². The van der Waals surface area contributed by atoms with E-state index in [1.807, 2.05) is 43.3 Å². The first-order valence-corrected chi connectivity index (χ1v) is 10.8. The first-order chi connectivity index (χ1) is 15.1. The summed E-state index contributed by atoms with van der Waals surface area (Å²) in [6, 6.07) is 5.94. The number of likely N-dealkylation sites (tertiary alicyclic amines) is 1. The van der Waals surface area contributed by atoms with Crippen LogP contribution < -0.4 is 21.1 Å². The van der Waals surface area contributed by atoms with Gasteiger partial charge in [0.2, 0.25) is 5.91 Å². The SMILES string of the molecule is CNCC=CC(=O)N1CC(N(CC2CC2)c2cc(-c3cc(NC)ccn3)c[nH]c2=O)C1. The Morgan fingerprint density at radius 1 is 1.32 bits per heavy atom. The Morgan fingerprint density at radius 2 is 2.13 bits per heavy atom. The number of hydrogen-bond acceptors (Lipinski definition) is 6. The van der Waals surface area contributed by atoms with Crippen molar-refractivity contribution in [3.8, 4) is 11.3 Å². The van der Waals surface area contributed by atoms with Crippen LogP contribution in [0.5, 0.6) is 0 Å². The second kappa shape index (κ2) is 9.34.